The van der Waals surface area contributed by atoms with E-state index in [2.05, 4.69) is 19.9 Å². The maximum Gasteiger partial charge on any atom is 0.337 e. The van der Waals surface area contributed by atoms with Crippen LogP contribution in [0.4, 0.5) is 14.5 Å². The number of alkyl halides is 2. The van der Waals surface area contributed by atoms with Crippen molar-refractivity contribution in [3.63, 3.8) is 0 Å². The van der Waals surface area contributed by atoms with Gasteiger partial charge in [0, 0.05) is 17.3 Å². The maximum atomic E-state index is 13.0. The molecule has 0 aliphatic heterocycles. The van der Waals surface area contributed by atoms with Crippen molar-refractivity contribution in [2.24, 2.45) is 0 Å². The Labute approximate surface area is 164 Å². The normalized spacial score (nSPS) is 13.3. The van der Waals surface area contributed by atoms with Crippen LogP contribution < -0.4 is 5.32 Å². The minimum atomic E-state index is -2.73. The number of halogens is 2. The van der Waals surface area contributed by atoms with E-state index in [0.29, 0.717) is 5.69 Å². The van der Waals surface area contributed by atoms with Crippen molar-refractivity contribution in [1.29, 1.82) is 0 Å². The second kappa shape index (κ2) is 8.38. The third-order valence-electron chi connectivity index (χ3n) is 4.40. The van der Waals surface area contributed by atoms with Gasteiger partial charge in [-0.3, -0.25) is 9.48 Å². The summed E-state index contributed by atoms with van der Waals surface area (Å²) < 4.78 is 36.5. The van der Waals surface area contributed by atoms with E-state index < -0.39 is 24.3 Å². The number of ether oxygens (including phenoxy) is 2. The molecule has 0 spiro atoms. The molecular formula is C19H19F2N3O5. The van der Waals surface area contributed by atoms with Crippen LogP contribution >= 0.6 is 0 Å². The van der Waals surface area contributed by atoms with Gasteiger partial charge in [0.15, 0.2) is 0 Å². The number of anilines is 1. The number of amides is 1. The Hall–Kier alpha value is -3.30. The van der Waals surface area contributed by atoms with E-state index in [0.717, 1.165) is 12.8 Å². The van der Waals surface area contributed by atoms with Gasteiger partial charge in [0.05, 0.1) is 25.3 Å². The minimum absolute atomic E-state index is 0.0449. The lowest BCUT2D eigenvalue weighted by Gasteiger charge is -2.11. The molecule has 1 aromatic carbocycles. The number of nitrogens with zero attached hydrogens (tertiary/aromatic N) is 2. The molecule has 1 aliphatic rings. The number of hydrogen-bond acceptors (Lipinski definition) is 6. The Morgan fingerprint density at radius 1 is 1.10 bits per heavy atom. The van der Waals surface area contributed by atoms with Gasteiger partial charge in [-0.2, -0.15) is 5.10 Å². The molecule has 1 amide bonds. The van der Waals surface area contributed by atoms with Gasteiger partial charge in [-0.25, -0.2) is 18.4 Å². The highest BCUT2D eigenvalue weighted by molar-refractivity contribution is 5.99. The predicted molar refractivity (Wildman–Crippen MR) is 96.9 cm³/mol. The highest BCUT2D eigenvalue weighted by Gasteiger charge is 2.30. The number of aromatic nitrogens is 2. The van der Waals surface area contributed by atoms with E-state index in [1.54, 1.807) is 0 Å². The van der Waals surface area contributed by atoms with Gasteiger partial charge in [0.2, 0.25) is 5.91 Å². The van der Waals surface area contributed by atoms with Crippen LogP contribution in [-0.2, 0) is 20.8 Å². The van der Waals surface area contributed by atoms with Crippen molar-refractivity contribution in [3.05, 3.63) is 46.8 Å². The summed E-state index contributed by atoms with van der Waals surface area (Å²) >= 11 is 0. The molecule has 1 aromatic heterocycles. The number of rotatable bonds is 7. The van der Waals surface area contributed by atoms with E-state index in [9.17, 15) is 23.2 Å². The monoisotopic (exact) mass is 407 g/mol. The number of carbonyl (C=O) groups is 3. The maximum absolute atomic E-state index is 13.0. The fourth-order valence-electron chi connectivity index (χ4n) is 2.90. The van der Waals surface area contributed by atoms with Crippen LogP contribution in [0.25, 0.3) is 0 Å². The third kappa shape index (κ3) is 4.76. The van der Waals surface area contributed by atoms with Crippen LogP contribution in [0.1, 0.15) is 57.3 Å². The van der Waals surface area contributed by atoms with Crippen LogP contribution in [0.2, 0.25) is 0 Å². The van der Waals surface area contributed by atoms with Crippen molar-refractivity contribution in [3.8, 4) is 0 Å². The molecule has 0 radical (unpaired) electrons. The summed E-state index contributed by atoms with van der Waals surface area (Å²) in [5.74, 6) is -1.82. The van der Waals surface area contributed by atoms with Crippen molar-refractivity contribution in [1.82, 2.24) is 9.78 Å². The van der Waals surface area contributed by atoms with Crippen LogP contribution in [0.5, 0.6) is 0 Å². The van der Waals surface area contributed by atoms with Gasteiger partial charge in [-0.1, -0.05) is 0 Å². The smallest absolute Gasteiger partial charge is 0.337 e. The van der Waals surface area contributed by atoms with E-state index >= 15 is 0 Å². The number of nitrogens with one attached hydrogen (secondary N) is 1. The Morgan fingerprint density at radius 2 is 1.69 bits per heavy atom. The Morgan fingerprint density at radius 3 is 2.17 bits per heavy atom. The van der Waals surface area contributed by atoms with Gasteiger partial charge in [-0.05, 0) is 37.1 Å². The molecule has 1 aliphatic carbocycles. The fourth-order valence-corrected chi connectivity index (χ4v) is 2.90. The summed E-state index contributed by atoms with van der Waals surface area (Å²) in [6, 6.07) is 5.28. The molecule has 3 rings (SSSR count). The summed E-state index contributed by atoms with van der Waals surface area (Å²) in [5, 5.41) is 6.38. The summed E-state index contributed by atoms with van der Waals surface area (Å²) in [7, 11) is 2.37. The van der Waals surface area contributed by atoms with Crippen LogP contribution in [0.15, 0.2) is 24.3 Å². The van der Waals surface area contributed by atoms with Crippen molar-refractivity contribution >= 4 is 23.5 Å². The molecule has 0 unspecified atom stereocenters. The predicted octanol–water partition coefficient (Wildman–Crippen LogP) is 2.91. The lowest BCUT2D eigenvalue weighted by Crippen LogP contribution is -2.21. The van der Waals surface area contributed by atoms with Crippen LogP contribution in [-0.4, -0.2) is 41.8 Å². The molecule has 29 heavy (non-hydrogen) atoms. The van der Waals surface area contributed by atoms with Crippen molar-refractivity contribution in [2.75, 3.05) is 19.5 Å². The summed E-state index contributed by atoms with van der Waals surface area (Å²) in [6.07, 6.45) is -1.00. The molecule has 0 saturated heterocycles. The molecule has 1 N–H and O–H groups in total. The first-order valence-electron chi connectivity index (χ1n) is 8.79. The Balaban J connectivity index is 1.81. The highest BCUT2D eigenvalue weighted by Crippen LogP contribution is 2.41. The Bertz CT molecular complexity index is 919. The van der Waals surface area contributed by atoms with E-state index in [1.165, 1.54) is 43.2 Å². The molecule has 1 heterocycles. The van der Waals surface area contributed by atoms with E-state index in [4.69, 9.17) is 0 Å². The number of hydrogen-bond donors (Lipinski definition) is 1. The summed E-state index contributed by atoms with van der Waals surface area (Å²) in [4.78, 5) is 36.1. The molecule has 1 fully saturated rings. The van der Waals surface area contributed by atoms with Gasteiger partial charge in [-0.15, -0.1) is 0 Å². The van der Waals surface area contributed by atoms with Crippen LogP contribution in [0.3, 0.4) is 0 Å². The van der Waals surface area contributed by atoms with Gasteiger partial charge in [0.1, 0.15) is 12.2 Å². The topological polar surface area (TPSA) is 99.5 Å². The minimum Gasteiger partial charge on any atom is -0.465 e. The standard InChI is InChI=1S/C19H19F2N3O5/c1-28-18(26)11-5-12(19(27)29-2)7-13(6-11)22-16(25)9-24-15(10-3-4-10)8-14(23-24)17(20)21/h5-8,10,17H,3-4,9H2,1-2H3,(H,22,25). The number of carbonyl (C=O) groups excluding carboxylic acids is 3. The lowest BCUT2D eigenvalue weighted by molar-refractivity contribution is -0.117. The number of esters is 2. The van der Waals surface area contributed by atoms with Crippen LogP contribution in [0, 0.1) is 0 Å². The zero-order chi connectivity index (χ0) is 21.1. The van der Waals surface area contributed by atoms with E-state index in [1.807, 2.05) is 0 Å². The second-order valence-electron chi connectivity index (χ2n) is 6.56. The zero-order valence-corrected chi connectivity index (χ0v) is 15.8. The number of benzene rings is 1. The summed E-state index contributed by atoms with van der Waals surface area (Å²) in [5.41, 5.74) is 0.466. The fraction of sp³-hybridized carbons (Fsp3) is 0.368. The molecule has 0 atom stereocenters. The molecule has 1 saturated carbocycles. The van der Waals surface area contributed by atoms with Crippen molar-refractivity contribution < 1.29 is 32.6 Å². The first-order valence-corrected chi connectivity index (χ1v) is 8.79. The molecule has 154 valence electrons. The second-order valence-corrected chi connectivity index (χ2v) is 6.56. The quantitative estimate of drug-likeness (QED) is 0.709. The first kappa shape index (κ1) is 20.4. The molecule has 8 nitrogen and oxygen atoms in total. The lowest BCUT2D eigenvalue weighted by atomic mass is 10.1. The van der Waals surface area contributed by atoms with Gasteiger partial charge in [0.25, 0.3) is 6.43 Å². The third-order valence-corrected chi connectivity index (χ3v) is 4.40. The number of methoxy groups -OCH3 is 2. The average molecular weight is 407 g/mol. The summed E-state index contributed by atoms with van der Waals surface area (Å²) in [6.45, 7) is -0.283. The molecule has 2 aromatic rings. The molecule has 10 heteroatoms. The Kier molecular flexibility index (Phi) is 5.90. The zero-order valence-electron chi connectivity index (χ0n) is 15.8. The first-order chi connectivity index (χ1) is 13.8. The molecular weight excluding hydrogens is 388 g/mol. The molecule has 0 bridgehead atoms. The van der Waals surface area contributed by atoms with Gasteiger partial charge >= 0.3 is 11.9 Å². The van der Waals surface area contributed by atoms with Crippen molar-refractivity contribution in [2.45, 2.75) is 31.7 Å². The van der Waals surface area contributed by atoms with E-state index in [-0.39, 0.29) is 35.0 Å². The van der Waals surface area contributed by atoms with Gasteiger partial charge < -0.3 is 14.8 Å². The largest absolute Gasteiger partial charge is 0.465 e. The SMILES string of the molecule is COC(=O)c1cc(NC(=O)Cn2nc(C(F)F)cc2C2CC2)cc(C(=O)OC)c1. The highest BCUT2D eigenvalue weighted by atomic mass is 19.3. The average Bonchev–Trinajstić information content (AvgIpc) is 3.46.